The summed E-state index contributed by atoms with van der Waals surface area (Å²) in [5, 5.41) is 8.40. The number of aromatic nitrogens is 1. The van der Waals surface area contributed by atoms with Gasteiger partial charge in [-0.15, -0.1) is 0 Å². The molecule has 1 aliphatic heterocycles. The number of carbonyl (C=O) groups excluding carboxylic acids is 3. The monoisotopic (exact) mass is 471 g/mol. The largest absolute Gasteiger partial charge is 0.403 e. The summed E-state index contributed by atoms with van der Waals surface area (Å²) in [7, 11) is 1.69. The zero-order valence-electron chi connectivity index (χ0n) is 19.0. The van der Waals surface area contributed by atoms with Crippen molar-refractivity contribution >= 4 is 23.3 Å². The average molecular weight is 472 g/mol. The second-order valence-corrected chi connectivity index (χ2v) is 8.63. The Morgan fingerprint density at radius 3 is 2.59 bits per heavy atom. The van der Waals surface area contributed by atoms with Crippen LogP contribution in [0.4, 0.5) is 14.5 Å². The van der Waals surface area contributed by atoms with Gasteiger partial charge in [0, 0.05) is 36.7 Å². The van der Waals surface area contributed by atoms with Gasteiger partial charge in [0.1, 0.15) is 5.69 Å². The SMILES string of the molecule is CN/C(=C\N)C1(NC(=O)C(=O)c2c(C)c(C(=O)Nc3cccc(C(F)F)c3)n3c2CCC3)CC1. The van der Waals surface area contributed by atoms with Gasteiger partial charge in [-0.1, -0.05) is 12.1 Å². The number of alkyl halides is 2. The summed E-state index contributed by atoms with van der Waals surface area (Å²) in [6.07, 6.45) is 1.32. The fourth-order valence-corrected chi connectivity index (χ4v) is 4.71. The quantitative estimate of drug-likeness (QED) is 0.349. The molecular weight excluding hydrogens is 444 g/mol. The van der Waals surface area contributed by atoms with Gasteiger partial charge in [-0.3, -0.25) is 14.4 Å². The van der Waals surface area contributed by atoms with E-state index in [2.05, 4.69) is 16.0 Å². The Morgan fingerprint density at radius 2 is 1.97 bits per heavy atom. The predicted molar refractivity (Wildman–Crippen MR) is 123 cm³/mol. The zero-order chi connectivity index (χ0) is 24.6. The van der Waals surface area contributed by atoms with Crippen molar-refractivity contribution in [1.82, 2.24) is 15.2 Å². The number of benzene rings is 1. The molecule has 0 bridgehead atoms. The van der Waals surface area contributed by atoms with E-state index in [0.29, 0.717) is 42.8 Å². The van der Waals surface area contributed by atoms with Crippen LogP contribution >= 0.6 is 0 Å². The average Bonchev–Trinajstić information content (AvgIpc) is 3.31. The van der Waals surface area contributed by atoms with Crippen LogP contribution in [0.25, 0.3) is 0 Å². The number of Topliss-reactive ketones (excluding diaryl/α,β-unsaturated/α-hetero) is 1. The van der Waals surface area contributed by atoms with Gasteiger partial charge < -0.3 is 26.3 Å². The minimum Gasteiger partial charge on any atom is -0.403 e. The molecule has 1 saturated carbocycles. The van der Waals surface area contributed by atoms with Gasteiger partial charge in [0.2, 0.25) is 0 Å². The van der Waals surface area contributed by atoms with Crippen molar-refractivity contribution in [3.63, 3.8) is 0 Å². The van der Waals surface area contributed by atoms with Crippen LogP contribution in [-0.4, -0.2) is 34.8 Å². The lowest BCUT2D eigenvalue weighted by molar-refractivity contribution is -0.117. The highest BCUT2D eigenvalue weighted by Crippen LogP contribution is 2.41. The van der Waals surface area contributed by atoms with E-state index >= 15 is 0 Å². The van der Waals surface area contributed by atoms with E-state index in [1.165, 1.54) is 30.5 Å². The third-order valence-electron chi connectivity index (χ3n) is 6.51. The third kappa shape index (κ3) is 4.04. The van der Waals surface area contributed by atoms with Crippen LogP contribution in [0.2, 0.25) is 0 Å². The van der Waals surface area contributed by atoms with Crippen molar-refractivity contribution in [2.24, 2.45) is 5.73 Å². The van der Waals surface area contributed by atoms with Gasteiger partial charge in [0.15, 0.2) is 0 Å². The van der Waals surface area contributed by atoms with Gasteiger partial charge in [-0.25, -0.2) is 8.78 Å². The molecule has 5 N–H and O–H groups in total. The summed E-state index contributed by atoms with van der Waals surface area (Å²) >= 11 is 0. The number of likely N-dealkylation sites (N-methyl/N-ethyl adjacent to an activating group) is 1. The van der Waals surface area contributed by atoms with Gasteiger partial charge >= 0.3 is 0 Å². The molecule has 8 nitrogen and oxygen atoms in total. The maximum Gasteiger partial charge on any atom is 0.293 e. The number of nitrogens with zero attached hydrogens (tertiary/aromatic N) is 1. The lowest BCUT2D eigenvalue weighted by Crippen LogP contribution is -2.45. The molecule has 0 saturated heterocycles. The van der Waals surface area contributed by atoms with Crippen LogP contribution in [0.3, 0.4) is 0 Å². The molecule has 0 spiro atoms. The maximum atomic E-state index is 13.2. The second kappa shape index (κ2) is 8.92. The fraction of sp³-hybridized carbons (Fsp3) is 0.375. The van der Waals surface area contributed by atoms with E-state index in [9.17, 15) is 23.2 Å². The van der Waals surface area contributed by atoms with Crippen LogP contribution in [-0.2, 0) is 17.8 Å². The molecule has 0 atom stereocenters. The minimum absolute atomic E-state index is 0.205. The summed E-state index contributed by atoms with van der Waals surface area (Å²) in [5.74, 6) is -1.98. The Kier molecular flexibility index (Phi) is 6.16. The van der Waals surface area contributed by atoms with E-state index in [1.807, 2.05) is 0 Å². The first kappa shape index (κ1) is 23.5. The molecule has 2 amide bonds. The Labute approximate surface area is 195 Å². The molecule has 2 aliphatic rings. The summed E-state index contributed by atoms with van der Waals surface area (Å²) in [6, 6.07) is 5.45. The molecule has 1 aromatic heterocycles. The Bertz CT molecular complexity index is 1200. The van der Waals surface area contributed by atoms with Crippen molar-refractivity contribution in [3.8, 4) is 0 Å². The first-order chi connectivity index (χ1) is 16.2. The molecule has 1 aromatic carbocycles. The molecule has 0 radical (unpaired) electrons. The van der Waals surface area contributed by atoms with Crippen molar-refractivity contribution in [1.29, 1.82) is 0 Å². The number of hydrogen-bond acceptors (Lipinski definition) is 5. The van der Waals surface area contributed by atoms with Gasteiger partial charge in [-0.2, -0.15) is 0 Å². The number of ketones is 1. The van der Waals surface area contributed by atoms with Crippen LogP contribution in [0.15, 0.2) is 36.2 Å². The fourth-order valence-electron chi connectivity index (χ4n) is 4.71. The lowest BCUT2D eigenvalue weighted by atomic mass is 10.0. The maximum absolute atomic E-state index is 13.2. The van der Waals surface area contributed by atoms with Gasteiger partial charge in [0.25, 0.3) is 24.0 Å². The second-order valence-electron chi connectivity index (χ2n) is 8.63. The molecule has 0 unspecified atom stereocenters. The van der Waals surface area contributed by atoms with E-state index in [4.69, 9.17) is 5.73 Å². The third-order valence-corrected chi connectivity index (χ3v) is 6.51. The van der Waals surface area contributed by atoms with E-state index < -0.39 is 29.6 Å². The summed E-state index contributed by atoms with van der Waals surface area (Å²) < 4.78 is 27.8. The van der Waals surface area contributed by atoms with Crippen molar-refractivity contribution < 1.29 is 23.2 Å². The minimum atomic E-state index is -2.66. The Morgan fingerprint density at radius 1 is 1.24 bits per heavy atom. The molecule has 4 rings (SSSR count). The van der Waals surface area contributed by atoms with Crippen LogP contribution in [0, 0.1) is 6.92 Å². The normalized spacial score (nSPS) is 16.2. The number of fused-ring (bicyclic) bond motifs is 1. The van der Waals surface area contributed by atoms with Gasteiger partial charge in [-0.05, 0) is 50.3 Å². The molecule has 1 fully saturated rings. The van der Waals surface area contributed by atoms with Crippen molar-refractivity contribution in [2.45, 2.75) is 51.1 Å². The number of anilines is 1. The molecular formula is C24H27F2N5O3. The van der Waals surface area contributed by atoms with Gasteiger partial charge in [0.05, 0.1) is 16.8 Å². The highest BCUT2D eigenvalue weighted by molar-refractivity contribution is 6.44. The molecule has 180 valence electrons. The Balaban J connectivity index is 1.61. The number of carbonyl (C=O) groups is 3. The van der Waals surface area contributed by atoms with Crippen LogP contribution < -0.4 is 21.7 Å². The number of nitrogens with one attached hydrogen (secondary N) is 3. The molecule has 34 heavy (non-hydrogen) atoms. The zero-order valence-corrected chi connectivity index (χ0v) is 19.0. The first-order valence-corrected chi connectivity index (χ1v) is 11.1. The summed E-state index contributed by atoms with van der Waals surface area (Å²) in [4.78, 5) is 39.3. The molecule has 1 aliphatic carbocycles. The van der Waals surface area contributed by atoms with Crippen molar-refractivity contribution in [2.75, 3.05) is 12.4 Å². The van der Waals surface area contributed by atoms with Crippen LogP contribution in [0.1, 0.15) is 63.4 Å². The number of rotatable bonds is 8. The smallest absolute Gasteiger partial charge is 0.293 e. The van der Waals surface area contributed by atoms with Crippen molar-refractivity contribution in [3.05, 3.63) is 64.2 Å². The molecule has 10 heteroatoms. The molecule has 2 heterocycles. The highest BCUT2D eigenvalue weighted by atomic mass is 19.3. The predicted octanol–water partition coefficient (Wildman–Crippen LogP) is 2.78. The summed E-state index contributed by atoms with van der Waals surface area (Å²) in [5.41, 5.74) is 7.14. The first-order valence-electron chi connectivity index (χ1n) is 11.1. The Hall–Kier alpha value is -3.69. The lowest BCUT2D eigenvalue weighted by Gasteiger charge is -2.20. The number of halogens is 2. The van der Waals surface area contributed by atoms with E-state index in [1.54, 1.807) is 18.5 Å². The highest BCUT2D eigenvalue weighted by Gasteiger charge is 2.48. The number of nitrogens with two attached hydrogens (primary N) is 1. The number of hydrogen-bond donors (Lipinski definition) is 4. The van der Waals surface area contributed by atoms with E-state index in [0.717, 1.165) is 6.42 Å². The summed E-state index contributed by atoms with van der Waals surface area (Å²) in [6.45, 7) is 2.15. The number of amides is 2. The topological polar surface area (TPSA) is 118 Å². The molecule has 2 aromatic rings. The standard InChI is InChI=1S/C24H27F2N5O3/c1-13-18(20(32)23(34)30-24(8-9-24)17(12-27)28-2)16-7-4-10-31(16)19(13)22(33)29-15-6-3-5-14(11-15)21(25)26/h3,5-6,11-12,21,28H,4,7-10,27H2,1-2H3,(H,29,33)(H,30,34)/b17-12-. The van der Waals surface area contributed by atoms with Crippen LogP contribution in [0.5, 0.6) is 0 Å². The van der Waals surface area contributed by atoms with E-state index in [-0.39, 0.29) is 22.5 Å².